The van der Waals surface area contributed by atoms with Gasteiger partial charge in [0.15, 0.2) is 0 Å². The van der Waals surface area contributed by atoms with Crippen molar-refractivity contribution in [2.24, 2.45) is 0 Å². The Morgan fingerprint density at radius 2 is 1.91 bits per heavy atom. The Hall–Kier alpha value is -2.04. The van der Waals surface area contributed by atoms with Crippen LogP contribution in [0.25, 0.3) is 0 Å². The second-order valence-corrected chi connectivity index (χ2v) is 6.31. The first-order valence-corrected chi connectivity index (χ1v) is 8.46. The fourth-order valence-corrected chi connectivity index (χ4v) is 2.64. The van der Waals surface area contributed by atoms with Crippen LogP contribution >= 0.6 is 0 Å². The molecule has 3 amide bonds. The average Bonchev–Trinajstić information content (AvgIpc) is 2.88. The highest BCUT2D eigenvalue weighted by Gasteiger charge is 2.30. The summed E-state index contributed by atoms with van der Waals surface area (Å²) in [4.78, 5) is 27.7. The second-order valence-electron chi connectivity index (χ2n) is 6.31. The van der Waals surface area contributed by atoms with E-state index in [-0.39, 0.29) is 18.5 Å². The van der Waals surface area contributed by atoms with Gasteiger partial charge in [-0.15, -0.1) is 0 Å². The molecule has 23 heavy (non-hydrogen) atoms. The molecule has 5 heteroatoms. The van der Waals surface area contributed by atoms with Gasteiger partial charge in [0.1, 0.15) is 6.54 Å². The van der Waals surface area contributed by atoms with E-state index in [1.807, 2.05) is 12.1 Å². The van der Waals surface area contributed by atoms with E-state index < -0.39 is 0 Å². The van der Waals surface area contributed by atoms with Gasteiger partial charge in [-0.25, -0.2) is 4.79 Å². The topological polar surface area (TPSA) is 52.7 Å². The monoisotopic (exact) mass is 317 g/mol. The van der Waals surface area contributed by atoms with Crippen LogP contribution in [0.5, 0.6) is 0 Å². The molecule has 2 rings (SSSR count). The van der Waals surface area contributed by atoms with E-state index in [0.29, 0.717) is 25.6 Å². The van der Waals surface area contributed by atoms with Gasteiger partial charge < -0.3 is 10.2 Å². The van der Waals surface area contributed by atoms with Crippen LogP contribution in [0.2, 0.25) is 0 Å². The molecule has 0 unspecified atom stereocenters. The number of carbonyl (C=O) groups is 2. The summed E-state index contributed by atoms with van der Waals surface area (Å²) >= 11 is 0. The largest absolute Gasteiger partial charge is 0.355 e. The van der Waals surface area contributed by atoms with E-state index in [1.165, 1.54) is 5.56 Å². The number of carbonyl (C=O) groups excluding carboxylic acids is 2. The van der Waals surface area contributed by atoms with Gasteiger partial charge in [0.2, 0.25) is 5.91 Å². The number of benzene rings is 1. The van der Waals surface area contributed by atoms with Gasteiger partial charge in [-0.05, 0) is 30.0 Å². The first kappa shape index (κ1) is 17.3. The molecule has 1 N–H and O–H groups in total. The third kappa shape index (κ3) is 4.47. The molecule has 0 spiro atoms. The lowest BCUT2D eigenvalue weighted by molar-refractivity contribution is -0.121. The molecule has 1 saturated heterocycles. The van der Waals surface area contributed by atoms with Crippen LogP contribution in [-0.2, 0) is 4.79 Å². The number of hydrogen-bond acceptors (Lipinski definition) is 2. The van der Waals surface area contributed by atoms with Crippen molar-refractivity contribution in [1.82, 2.24) is 10.2 Å². The molecule has 0 radical (unpaired) electrons. The molecule has 1 aromatic carbocycles. The molecule has 1 fully saturated rings. The van der Waals surface area contributed by atoms with Crippen molar-refractivity contribution in [3.05, 3.63) is 29.8 Å². The second kappa shape index (κ2) is 7.99. The Morgan fingerprint density at radius 3 is 2.52 bits per heavy atom. The number of amides is 3. The van der Waals surface area contributed by atoms with Gasteiger partial charge in [0, 0.05) is 25.3 Å². The van der Waals surface area contributed by atoms with E-state index in [1.54, 1.807) is 9.80 Å². The Morgan fingerprint density at radius 1 is 1.22 bits per heavy atom. The Kier molecular flexibility index (Phi) is 6.02. The SMILES string of the molecule is CCCCNC(=O)CN1CCN(c2ccc(C(C)C)cc2)C1=O. The van der Waals surface area contributed by atoms with Crippen LogP contribution in [0.15, 0.2) is 24.3 Å². The standard InChI is InChI=1S/C18H27N3O2/c1-4-5-10-19-17(22)13-20-11-12-21(18(20)23)16-8-6-15(7-9-16)14(2)3/h6-9,14H,4-5,10-13H2,1-3H3,(H,19,22). The maximum atomic E-state index is 12.5. The zero-order valence-electron chi connectivity index (χ0n) is 14.3. The number of unbranched alkanes of at least 4 members (excludes halogenated alkanes) is 1. The van der Waals surface area contributed by atoms with Crippen molar-refractivity contribution in [2.75, 3.05) is 31.1 Å². The lowest BCUT2D eigenvalue weighted by Gasteiger charge is -2.19. The van der Waals surface area contributed by atoms with Crippen molar-refractivity contribution in [3.63, 3.8) is 0 Å². The van der Waals surface area contributed by atoms with Crippen LogP contribution in [0.1, 0.15) is 45.1 Å². The number of nitrogens with zero attached hydrogens (tertiary/aromatic N) is 2. The summed E-state index contributed by atoms with van der Waals surface area (Å²) in [5, 5.41) is 2.85. The molecule has 1 aliphatic rings. The van der Waals surface area contributed by atoms with Gasteiger partial charge in [-0.1, -0.05) is 39.3 Å². The van der Waals surface area contributed by atoms with Crippen molar-refractivity contribution in [2.45, 2.75) is 39.5 Å². The third-order valence-electron chi connectivity index (χ3n) is 4.15. The molecule has 5 nitrogen and oxygen atoms in total. The maximum absolute atomic E-state index is 12.5. The van der Waals surface area contributed by atoms with Crippen molar-refractivity contribution in [1.29, 1.82) is 0 Å². The summed E-state index contributed by atoms with van der Waals surface area (Å²) in [6.45, 7) is 8.41. The molecule has 1 heterocycles. The van der Waals surface area contributed by atoms with Crippen LogP contribution < -0.4 is 10.2 Å². The zero-order valence-corrected chi connectivity index (χ0v) is 14.3. The van der Waals surface area contributed by atoms with Crippen LogP contribution in [-0.4, -0.2) is 43.0 Å². The van der Waals surface area contributed by atoms with E-state index in [0.717, 1.165) is 18.5 Å². The smallest absolute Gasteiger partial charge is 0.325 e. The van der Waals surface area contributed by atoms with Crippen LogP contribution in [0, 0.1) is 0 Å². The zero-order chi connectivity index (χ0) is 16.8. The highest BCUT2D eigenvalue weighted by atomic mass is 16.2. The Balaban J connectivity index is 1.92. The first-order valence-electron chi connectivity index (χ1n) is 8.46. The lowest BCUT2D eigenvalue weighted by atomic mass is 10.0. The van der Waals surface area contributed by atoms with E-state index in [4.69, 9.17) is 0 Å². The summed E-state index contributed by atoms with van der Waals surface area (Å²) < 4.78 is 0. The molecule has 0 atom stereocenters. The molecule has 0 saturated carbocycles. The van der Waals surface area contributed by atoms with Crippen molar-refractivity contribution in [3.8, 4) is 0 Å². The summed E-state index contributed by atoms with van der Waals surface area (Å²) in [6.07, 6.45) is 2.01. The number of nitrogens with one attached hydrogen (secondary N) is 1. The van der Waals surface area contributed by atoms with E-state index >= 15 is 0 Å². The number of rotatable bonds is 7. The number of urea groups is 1. The molecule has 0 aliphatic carbocycles. The van der Waals surface area contributed by atoms with Gasteiger partial charge in [0.25, 0.3) is 0 Å². The van der Waals surface area contributed by atoms with E-state index in [9.17, 15) is 9.59 Å². The summed E-state index contributed by atoms with van der Waals surface area (Å²) in [7, 11) is 0. The maximum Gasteiger partial charge on any atom is 0.325 e. The fourth-order valence-electron chi connectivity index (χ4n) is 2.64. The van der Waals surface area contributed by atoms with Gasteiger partial charge in [-0.2, -0.15) is 0 Å². The fraction of sp³-hybridized carbons (Fsp3) is 0.556. The molecule has 0 bridgehead atoms. The predicted molar refractivity (Wildman–Crippen MR) is 92.8 cm³/mol. The Labute approximate surface area is 138 Å². The summed E-state index contributed by atoms with van der Waals surface area (Å²) in [6, 6.07) is 8.00. The minimum Gasteiger partial charge on any atom is -0.355 e. The number of anilines is 1. The van der Waals surface area contributed by atoms with Crippen LogP contribution in [0.4, 0.5) is 10.5 Å². The minimum atomic E-state index is -0.0899. The van der Waals surface area contributed by atoms with Gasteiger partial charge in [-0.3, -0.25) is 9.69 Å². The molecule has 0 aromatic heterocycles. The van der Waals surface area contributed by atoms with Crippen molar-refractivity contribution >= 4 is 17.6 Å². The molecular weight excluding hydrogens is 290 g/mol. The van der Waals surface area contributed by atoms with E-state index in [2.05, 4.69) is 38.2 Å². The highest BCUT2D eigenvalue weighted by Crippen LogP contribution is 2.23. The minimum absolute atomic E-state index is 0.0798. The highest BCUT2D eigenvalue weighted by molar-refractivity contribution is 5.96. The Bertz CT molecular complexity index is 540. The van der Waals surface area contributed by atoms with Gasteiger partial charge in [0.05, 0.1) is 0 Å². The average molecular weight is 317 g/mol. The summed E-state index contributed by atoms with van der Waals surface area (Å²) in [5.41, 5.74) is 2.15. The first-order chi connectivity index (χ1) is 11.0. The van der Waals surface area contributed by atoms with Gasteiger partial charge >= 0.3 is 6.03 Å². The number of hydrogen-bond donors (Lipinski definition) is 1. The third-order valence-corrected chi connectivity index (χ3v) is 4.15. The van der Waals surface area contributed by atoms with Crippen molar-refractivity contribution < 1.29 is 9.59 Å². The normalized spacial score (nSPS) is 14.7. The summed E-state index contributed by atoms with van der Waals surface area (Å²) in [5.74, 6) is 0.394. The molecule has 1 aliphatic heterocycles. The lowest BCUT2D eigenvalue weighted by Crippen LogP contribution is -2.40. The van der Waals surface area contributed by atoms with Crippen LogP contribution in [0.3, 0.4) is 0 Å². The molecule has 1 aromatic rings. The predicted octanol–water partition coefficient (Wildman–Crippen LogP) is 2.97. The quantitative estimate of drug-likeness (QED) is 0.786. The molecular formula is C18H27N3O2. The molecule has 126 valence electrons.